The number of hydrogen-bond acceptors (Lipinski definition) is 4. The summed E-state index contributed by atoms with van der Waals surface area (Å²) in [7, 11) is 4.01. The number of likely N-dealkylation sites (tertiary alicyclic amines) is 1. The van der Waals surface area contributed by atoms with Crippen molar-refractivity contribution in [3.05, 3.63) is 47.3 Å². The van der Waals surface area contributed by atoms with Gasteiger partial charge in [0.2, 0.25) is 0 Å². The van der Waals surface area contributed by atoms with E-state index < -0.39 is 0 Å². The van der Waals surface area contributed by atoms with Crippen LogP contribution in [0.2, 0.25) is 0 Å². The van der Waals surface area contributed by atoms with Gasteiger partial charge in [0.1, 0.15) is 0 Å². The van der Waals surface area contributed by atoms with Gasteiger partial charge in [-0.05, 0) is 44.8 Å². The number of amides is 1. The number of benzene rings is 1. The van der Waals surface area contributed by atoms with Crippen LogP contribution in [0.3, 0.4) is 0 Å². The molecule has 0 radical (unpaired) electrons. The Hall–Kier alpha value is -2.21. The highest BCUT2D eigenvalue weighted by Gasteiger charge is 2.24. The molecule has 0 aliphatic carbocycles. The summed E-state index contributed by atoms with van der Waals surface area (Å²) in [6, 6.07) is 10.1. The van der Waals surface area contributed by atoms with Gasteiger partial charge in [-0.3, -0.25) is 4.79 Å². The first-order chi connectivity index (χ1) is 12.0. The third-order valence-electron chi connectivity index (χ3n) is 4.96. The third kappa shape index (κ3) is 4.25. The predicted molar refractivity (Wildman–Crippen MR) is 97.5 cm³/mol. The molecule has 1 fully saturated rings. The molecule has 6 heteroatoms. The number of rotatable bonds is 5. The van der Waals surface area contributed by atoms with Gasteiger partial charge in [-0.25, -0.2) is 4.68 Å². The van der Waals surface area contributed by atoms with Crippen molar-refractivity contribution in [1.29, 1.82) is 0 Å². The van der Waals surface area contributed by atoms with E-state index in [-0.39, 0.29) is 5.91 Å². The number of nitrogens with zero attached hydrogens (tertiary/aromatic N) is 5. The van der Waals surface area contributed by atoms with Gasteiger partial charge in [0.15, 0.2) is 5.69 Å². The monoisotopic (exact) mass is 341 g/mol. The van der Waals surface area contributed by atoms with E-state index in [1.54, 1.807) is 9.58 Å². The third-order valence-corrected chi connectivity index (χ3v) is 4.96. The molecule has 1 aromatic carbocycles. The Morgan fingerprint density at radius 2 is 2.08 bits per heavy atom. The summed E-state index contributed by atoms with van der Waals surface area (Å²) in [5, 5.41) is 8.34. The Bertz CT molecular complexity index is 712. The molecule has 0 saturated carbocycles. The lowest BCUT2D eigenvalue weighted by atomic mass is 9.98. The van der Waals surface area contributed by atoms with Gasteiger partial charge in [0, 0.05) is 20.1 Å². The molecule has 134 valence electrons. The maximum Gasteiger partial charge on any atom is 0.276 e. The van der Waals surface area contributed by atoms with Crippen LogP contribution in [0.25, 0.3) is 0 Å². The van der Waals surface area contributed by atoms with E-state index in [0.717, 1.165) is 30.9 Å². The molecule has 1 atom stereocenters. The van der Waals surface area contributed by atoms with E-state index in [1.807, 2.05) is 44.3 Å². The summed E-state index contributed by atoms with van der Waals surface area (Å²) in [6.45, 7) is 5.52. The summed E-state index contributed by atoms with van der Waals surface area (Å²) in [6.07, 6.45) is 2.39. The molecule has 1 aliphatic heterocycles. The molecule has 1 aliphatic rings. The van der Waals surface area contributed by atoms with Gasteiger partial charge in [-0.1, -0.05) is 35.5 Å². The van der Waals surface area contributed by atoms with Gasteiger partial charge in [0.05, 0.1) is 12.2 Å². The van der Waals surface area contributed by atoms with Gasteiger partial charge in [0.25, 0.3) is 5.91 Å². The van der Waals surface area contributed by atoms with Crippen molar-refractivity contribution in [2.75, 3.05) is 33.7 Å². The molecule has 1 amide bonds. The molecular weight excluding hydrogens is 314 g/mol. The van der Waals surface area contributed by atoms with E-state index in [9.17, 15) is 4.79 Å². The Balaban J connectivity index is 1.65. The van der Waals surface area contributed by atoms with Crippen LogP contribution < -0.4 is 0 Å². The fraction of sp³-hybridized carbons (Fsp3) is 0.526. The first-order valence-corrected chi connectivity index (χ1v) is 8.92. The van der Waals surface area contributed by atoms with Crippen LogP contribution in [0.4, 0.5) is 0 Å². The fourth-order valence-electron chi connectivity index (χ4n) is 3.54. The van der Waals surface area contributed by atoms with E-state index in [0.29, 0.717) is 18.2 Å². The first kappa shape index (κ1) is 17.6. The summed E-state index contributed by atoms with van der Waals surface area (Å²) >= 11 is 0. The van der Waals surface area contributed by atoms with Gasteiger partial charge >= 0.3 is 0 Å². The molecule has 0 N–H and O–H groups in total. The zero-order chi connectivity index (χ0) is 17.8. The predicted octanol–water partition coefficient (Wildman–Crippen LogP) is 2.05. The number of hydrogen-bond donors (Lipinski definition) is 0. The van der Waals surface area contributed by atoms with Crippen molar-refractivity contribution in [3.63, 3.8) is 0 Å². The van der Waals surface area contributed by atoms with Crippen LogP contribution in [0, 0.1) is 12.8 Å². The Labute approximate surface area is 149 Å². The number of piperidine rings is 1. The summed E-state index contributed by atoms with van der Waals surface area (Å²) in [5.41, 5.74) is 2.43. The van der Waals surface area contributed by atoms with Gasteiger partial charge in [-0.15, -0.1) is 5.10 Å². The van der Waals surface area contributed by atoms with Crippen molar-refractivity contribution in [3.8, 4) is 0 Å². The highest BCUT2D eigenvalue weighted by molar-refractivity contribution is 5.93. The Morgan fingerprint density at radius 3 is 2.80 bits per heavy atom. The van der Waals surface area contributed by atoms with Crippen molar-refractivity contribution >= 4 is 5.91 Å². The molecule has 1 aromatic heterocycles. The molecular formula is C19H27N5O. The topological polar surface area (TPSA) is 54.3 Å². The van der Waals surface area contributed by atoms with Crippen LogP contribution in [0.1, 0.15) is 34.6 Å². The van der Waals surface area contributed by atoms with Gasteiger partial charge in [-0.2, -0.15) is 0 Å². The van der Waals surface area contributed by atoms with Crippen molar-refractivity contribution < 1.29 is 4.79 Å². The smallest absolute Gasteiger partial charge is 0.276 e. The van der Waals surface area contributed by atoms with Crippen LogP contribution in [0.5, 0.6) is 0 Å². The van der Waals surface area contributed by atoms with Crippen LogP contribution >= 0.6 is 0 Å². The zero-order valence-corrected chi connectivity index (χ0v) is 15.4. The second kappa shape index (κ2) is 7.78. The lowest BCUT2D eigenvalue weighted by Crippen LogP contribution is -2.40. The Kier molecular flexibility index (Phi) is 5.48. The number of carbonyl (C=O) groups excluding carboxylic acids is 1. The van der Waals surface area contributed by atoms with Crippen LogP contribution in [-0.2, 0) is 6.54 Å². The summed E-state index contributed by atoms with van der Waals surface area (Å²) < 4.78 is 1.80. The summed E-state index contributed by atoms with van der Waals surface area (Å²) in [5.74, 6) is 0.498. The fourth-order valence-corrected chi connectivity index (χ4v) is 3.54. The van der Waals surface area contributed by atoms with E-state index in [1.165, 1.54) is 12.8 Å². The van der Waals surface area contributed by atoms with Gasteiger partial charge < -0.3 is 9.80 Å². The lowest BCUT2D eigenvalue weighted by molar-refractivity contribution is 0.0734. The largest absolute Gasteiger partial charge is 0.340 e. The molecule has 3 rings (SSSR count). The molecule has 2 aromatic rings. The highest BCUT2D eigenvalue weighted by Crippen LogP contribution is 2.17. The molecule has 0 bridgehead atoms. The standard InChI is InChI=1S/C19H27N5O/c1-15-18(20-21-24(15)14-16-8-5-4-6-9-16)19(25)23(3)13-17-10-7-11-22(2)12-17/h4-6,8-9,17H,7,10-14H2,1-3H3/t17-/m0/s1. The van der Waals surface area contributed by atoms with Crippen molar-refractivity contribution in [2.24, 2.45) is 5.92 Å². The van der Waals surface area contributed by atoms with Crippen molar-refractivity contribution in [2.45, 2.75) is 26.3 Å². The van der Waals surface area contributed by atoms with Crippen LogP contribution in [0.15, 0.2) is 30.3 Å². The molecule has 0 spiro atoms. The second-order valence-electron chi connectivity index (χ2n) is 7.12. The lowest BCUT2D eigenvalue weighted by Gasteiger charge is -2.32. The molecule has 1 saturated heterocycles. The maximum absolute atomic E-state index is 12.8. The maximum atomic E-state index is 12.8. The molecule has 6 nitrogen and oxygen atoms in total. The number of carbonyl (C=O) groups is 1. The minimum Gasteiger partial charge on any atom is -0.340 e. The molecule has 25 heavy (non-hydrogen) atoms. The van der Waals surface area contributed by atoms with Crippen LogP contribution in [-0.4, -0.2) is 64.4 Å². The Morgan fingerprint density at radius 1 is 1.32 bits per heavy atom. The quantitative estimate of drug-likeness (QED) is 0.835. The minimum atomic E-state index is -0.0370. The highest BCUT2D eigenvalue weighted by atomic mass is 16.2. The zero-order valence-electron chi connectivity index (χ0n) is 15.4. The van der Waals surface area contributed by atoms with E-state index in [4.69, 9.17) is 0 Å². The van der Waals surface area contributed by atoms with Crippen molar-refractivity contribution in [1.82, 2.24) is 24.8 Å². The van der Waals surface area contributed by atoms with E-state index >= 15 is 0 Å². The first-order valence-electron chi connectivity index (χ1n) is 8.92. The van der Waals surface area contributed by atoms with E-state index in [2.05, 4.69) is 22.3 Å². The number of aromatic nitrogens is 3. The minimum absolute atomic E-state index is 0.0370. The normalized spacial score (nSPS) is 18.3. The molecule has 2 heterocycles. The SMILES string of the molecule is Cc1c(C(=O)N(C)C[C@H]2CCCN(C)C2)nnn1Cc1ccccc1. The molecule has 0 unspecified atom stereocenters. The summed E-state index contributed by atoms with van der Waals surface area (Å²) in [4.78, 5) is 16.9. The average molecular weight is 341 g/mol. The second-order valence-corrected chi connectivity index (χ2v) is 7.12. The average Bonchev–Trinajstić information content (AvgIpc) is 2.96.